The fourth-order valence-corrected chi connectivity index (χ4v) is 4.59. The third-order valence-corrected chi connectivity index (χ3v) is 6.32. The normalized spacial score (nSPS) is 10.9. The Morgan fingerprint density at radius 2 is 1.26 bits per heavy atom. The zero-order valence-corrected chi connectivity index (χ0v) is 18.4. The molecule has 31 heavy (non-hydrogen) atoms. The molecule has 0 unspecified atom stereocenters. The lowest BCUT2D eigenvalue weighted by atomic mass is 10.1. The number of hydrogen-bond donors (Lipinski definition) is 0. The van der Waals surface area contributed by atoms with Crippen molar-refractivity contribution in [2.45, 2.75) is 19.8 Å². The molecule has 5 heteroatoms. The van der Waals surface area contributed by atoms with Crippen LogP contribution in [0.3, 0.4) is 0 Å². The molecule has 158 valence electrons. The van der Waals surface area contributed by atoms with Crippen molar-refractivity contribution in [2.75, 3.05) is 0 Å². The Labute approximate surface area is 183 Å². The number of carbonyl (C=O) groups excluding carboxylic acids is 1. The molecule has 0 heterocycles. The number of benzene rings is 3. The summed E-state index contributed by atoms with van der Waals surface area (Å²) in [6.07, 6.45) is 4.99. The average molecular weight is 432 g/mol. The third kappa shape index (κ3) is 5.62. The second-order valence-electron chi connectivity index (χ2n) is 7.07. The van der Waals surface area contributed by atoms with Gasteiger partial charge in [0.2, 0.25) is 0 Å². The lowest BCUT2D eigenvalue weighted by molar-refractivity contribution is 0.104. The third-order valence-electron chi connectivity index (χ3n) is 4.68. The maximum Gasteiger partial charge on any atom is 0.503 e. The molecule has 0 aromatic heterocycles. The van der Waals surface area contributed by atoms with Crippen molar-refractivity contribution in [2.24, 2.45) is 0 Å². The second kappa shape index (κ2) is 10.1. The van der Waals surface area contributed by atoms with Crippen LogP contribution in [0.2, 0.25) is 0 Å². The van der Waals surface area contributed by atoms with Crippen molar-refractivity contribution in [1.29, 1.82) is 0 Å². The zero-order chi connectivity index (χ0) is 22.3. The molecule has 0 aliphatic carbocycles. The topological polar surface area (TPSA) is 52.6 Å². The Balaban J connectivity index is 1.95. The quantitative estimate of drug-likeness (QED) is 0.257. The van der Waals surface area contributed by atoms with Crippen LogP contribution in [-0.2, 0) is 17.4 Å². The van der Waals surface area contributed by atoms with Gasteiger partial charge in [-0.2, -0.15) is 0 Å². The minimum atomic E-state index is -4.24. The lowest BCUT2D eigenvalue weighted by Gasteiger charge is -2.20. The van der Waals surface area contributed by atoms with E-state index >= 15 is 0 Å². The van der Waals surface area contributed by atoms with Crippen LogP contribution in [0.15, 0.2) is 98.1 Å². The molecule has 0 aliphatic heterocycles. The van der Waals surface area contributed by atoms with Crippen molar-refractivity contribution < 1.29 is 18.4 Å². The molecule has 0 fully saturated rings. The predicted molar refractivity (Wildman–Crippen MR) is 125 cm³/mol. The van der Waals surface area contributed by atoms with Gasteiger partial charge in [0.25, 0.3) is 5.52 Å². The summed E-state index contributed by atoms with van der Waals surface area (Å²) in [5.41, 5.74) is 2.37. The van der Waals surface area contributed by atoms with Crippen LogP contribution in [0.25, 0.3) is 0 Å². The summed E-state index contributed by atoms with van der Waals surface area (Å²) in [5, 5.41) is 0. The second-order valence-corrected chi connectivity index (χ2v) is 8.84. The first-order chi connectivity index (χ1) is 14.9. The van der Waals surface area contributed by atoms with Gasteiger partial charge in [-0.05, 0) is 60.7 Å². The van der Waals surface area contributed by atoms with Gasteiger partial charge in [-0.25, -0.2) is 4.57 Å². The standard InChI is InChI=1S/C26H25O4P/c1-4-8-21-12-16-23(17-13-21)29-31(28,26(27)25-11-7-6-10-20(25)3)30-24-18-14-22(9-5-2)15-19-24/h4-7,10-19H,1-2,8-9H2,3H3. The van der Waals surface area contributed by atoms with E-state index in [1.54, 1.807) is 61.5 Å². The van der Waals surface area contributed by atoms with E-state index in [4.69, 9.17) is 9.05 Å². The van der Waals surface area contributed by atoms with E-state index in [1.165, 1.54) is 0 Å². The maximum atomic E-state index is 13.8. The number of rotatable bonds is 10. The summed E-state index contributed by atoms with van der Waals surface area (Å²) in [5.74, 6) is 0.586. The van der Waals surface area contributed by atoms with E-state index in [9.17, 15) is 9.36 Å². The number of aryl methyl sites for hydroxylation is 1. The lowest BCUT2D eigenvalue weighted by Crippen LogP contribution is -2.13. The van der Waals surface area contributed by atoms with Crippen molar-refractivity contribution in [3.63, 3.8) is 0 Å². The average Bonchev–Trinajstić information content (AvgIpc) is 2.77. The Morgan fingerprint density at radius 1 is 0.806 bits per heavy atom. The van der Waals surface area contributed by atoms with Gasteiger partial charge in [0.15, 0.2) is 0 Å². The number of allylic oxidation sites excluding steroid dienone is 2. The molecule has 3 aromatic rings. The molecule has 0 radical (unpaired) electrons. The molecular formula is C26H25O4P. The highest BCUT2D eigenvalue weighted by atomic mass is 31.2. The van der Waals surface area contributed by atoms with E-state index in [2.05, 4.69) is 13.2 Å². The van der Waals surface area contributed by atoms with Crippen molar-refractivity contribution in [3.05, 3.63) is 120 Å². The van der Waals surface area contributed by atoms with Gasteiger partial charge < -0.3 is 9.05 Å². The summed E-state index contributed by atoms with van der Waals surface area (Å²) < 4.78 is 25.3. The Morgan fingerprint density at radius 3 is 1.68 bits per heavy atom. The minimum absolute atomic E-state index is 0.293. The summed E-state index contributed by atoms with van der Waals surface area (Å²) in [6, 6.07) is 21.0. The Hall–Kier alpha value is -3.36. The van der Waals surface area contributed by atoms with Gasteiger partial charge in [0, 0.05) is 5.56 Å². The highest BCUT2D eigenvalue weighted by molar-refractivity contribution is 7.73. The van der Waals surface area contributed by atoms with Crippen LogP contribution in [0.4, 0.5) is 0 Å². The molecule has 0 atom stereocenters. The minimum Gasteiger partial charge on any atom is -0.411 e. The summed E-state index contributed by atoms with van der Waals surface area (Å²) in [7, 11) is -4.24. The number of carbonyl (C=O) groups is 1. The summed E-state index contributed by atoms with van der Waals surface area (Å²) in [6.45, 7) is 9.23. The highest BCUT2D eigenvalue weighted by Gasteiger charge is 2.40. The van der Waals surface area contributed by atoms with Crippen LogP contribution in [0.1, 0.15) is 27.0 Å². The molecule has 3 aromatic carbocycles. The molecule has 3 rings (SSSR count). The fraction of sp³-hybridized carbons (Fsp3) is 0.115. The molecule has 0 amide bonds. The van der Waals surface area contributed by atoms with Crippen molar-refractivity contribution in [3.8, 4) is 11.5 Å². The van der Waals surface area contributed by atoms with Crippen LogP contribution in [0, 0.1) is 6.92 Å². The summed E-state index contributed by atoms with van der Waals surface area (Å²) in [4.78, 5) is 13.3. The van der Waals surface area contributed by atoms with Gasteiger partial charge in [-0.15, -0.1) is 13.2 Å². The van der Waals surface area contributed by atoms with Crippen LogP contribution in [-0.4, -0.2) is 5.52 Å². The predicted octanol–water partition coefficient (Wildman–Crippen LogP) is 6.94. The monoisotopic (exact) mass is 432 g/mol. The van der Waals surface area contributed by atoms with Gasteiger partial charge in [0.1, 0.15) is 11.5 Å². The fourth-order valence-electron chi connectivity index (χ4n) is 3.05. The van der Waals surface area contributed by atoms with Gasteiger partial charge in [0.05, 0.1) is 0 Å². The molecule has 0 N–H and O–H groups in total. The largest absolute Gasteiger partial charge is 0.503 e. The Kier molecular flexibility index (Phi) is 7.28. The summed E-state index contributed by atoms with van der Waals surface area (Å²) >= 11 is 0. The molecular weight excluding hydrogens is 407 g/mol. The molecule has 0 spiro atoms. The van der Waals surface area contributed by atoms with E-state index in [1.807, 2.05) is 30.3 Å². The van der Waals surface area contributed by atoms with Crippen molar-refractivity contribution in [1.82, 2.24) is 0 Å². The van der Waals surface area contributed by atoms with Crippen LogP contribution >= 0.6 is 7.60 Å². The van der Waals surface area contributed by atoms with Crippen LogP contribution < -0.4 is 9.05 Å². The van der Waals surface area contributed by atoms with Gasteiger partial charge >= 0.3 is 7.60 Å². The zero-order valence-electron chi connectivity index (χ0n) is 17.5. The first-order valence-electron chi connectivity index (χ1n) is 9.94. The van der Waals surface area contributed by atoms with E-state index < -0.39 is 13.1 Å². The van der Waals surface area contributed by atoms with Gasteiger partial charge in [-0.3, -0.25) is 4.79 Å². The molecule has 0 saturated heterocycles. The van der Waals surface area contributed by atoms with E-state index in [0.717, 1.165) is 11.1 Å². The van der Waals surface area contributed by atoms with Gasteiger partial charge in [-0.1, -0.05) is 60.7 Å². The smallest absolute Gasteiger partial charge is 0.411 e. The Bertz CT molecular complexity index is 1060. The number of hydrogen-bond acceptors (Lipinski definition) is 4. The first kappa shape index (κ1) is 22.3. The molecule has 0 saturated carbocycles. The van der Waals surface area contributed by atoms with E-state index in [0.29, 0.717) is 35.5 Å². The van der Waals surface area contributed by atoms with Crippen molar-refractivity contribution >= 4 is 13.1 Å². The first-order valence-corrected chi connectivity index (χ1v) is 11.5. The molecule has 0 aliphatic rings. The van der Waals surface area contributed by atoms with Crippen LogP contribution in [0.5, 0.6) is 11.5 Å². The maximum absolute atomic E-state index is 13.8. The SMILES string of the molecule is C=CCc1ccc(OP(=O)(Oc2ccc(CC=C)cc2)C(=O)c2ccccc2C)cc1. The highest BCUT2D eigenvalue weighted by Crippen LogP contribution is 2.51. The molecule has 4 nitrogen and oxygen atoms in total. The van der Waals surface area contributed by atoms with E-state index in [-0.39, 0.29) is 0 Å². The molecule has 0 bridgehead atoms.